The zero-order valence-electron chi connectivity index (χ0n) is 12.7. The van der Waals surface area contributed by atoms with Gasteiger partial charge in [-0.3, -0.25) is 4.98 Å². The molecule has 2 aromatic carbocycles. The average Bonchev–Trinajstić information content (AvgIpc) is 2.92. The van der Waals surface area contributed by atoms with Gasteiger partial charge in [0.25, 0.3) is 0 Å². The second-order valence-electron chi connectivity index (χ2n) is 5.94. The van der Waals surface area contributed by atoms with Gasteiger partial charge in [-0.25, -0.2) is 0 Å². The van der Waals surface area contributed by atoms with E-state index in [1.165, 1.54) is 10.9 Å². The Labute approximate surface area is 129 Å². The summed E-state index contributed by atoms with van der Waals surface area (Å²) in [4.78, 5) is 4.44. The molecular formula is C20H17NO. The predicted octanol–water partition coefficient (Wildman–Crippen LogP) is 5.77. The molecule has 108 valence electrons. The van der Waals surface area contributed by atoms with E-state index in [2.05, 4.69) is 49.2 Å². The lowest BCUT2D eigenvalue weighted by Gasteiger charge is -2.04. The summed E-state index contributed by atoms with van der Waals surface area (Å²) < 4.78 is 5.96. The van der Waals surface area contributed by atoms with Crippen molar-refractivity contribution in [2.24, 2.45) is 0 Å². The molecule has 2 heterocycles. The van der Waals surface area contributed by atoms with E-state index in [4.69, 9.17) is 4.42 Å². The Morgan fingerprint density at radius 2 is 1.64 bits per heavy atom. The number of benzene rings is 2. The summed E-state index contributed by atoms with van der Waals surface area (Å²) in [5, 5.41) is 2.33. The normalized spacial score (nSPS) is 11.6. The summed E-state index contributed by atoms with van der Waals surface area (Å²) in [6, 6.07) is 18.7. The number of aromatic nitrogens is 1. The minimum absolute atomic E-state index is 0.508. The number of hydrogen-bond acceptors (Lipinski definition) is 2. The van der Waals surface area contributed by atoms with Gasteiger partial charge in [0.1, 0.15) is 11.2 Å². The monoisotopic (exact) mass is 287 g/mol. The molecule has 0 aliphatic rings. The summed E-state index contributed by atoms with van der Waals surface area (Å²) in [6.45, 7) is 4.42. The van der Waals surface area contributed by atoms with Gasteiger partial charge in [-0.1, -0.05) is 26.0 Å². The molecule has 0 bridgehead atoms. The lowest BCUT2D eigenvalue weighted by molar-refractivity contribution is 0.668. The highest BCUT2D eigenvalue weighted by molar-refractivity contribution is 6.06. The molecule has 0 saturated carbocycles. The van der Waals surface area contributed by atoms with Crippen LogP contribution in [0.2, 0.25) is 0 Å². The first-order valence-electron chi connectivity index (χ1n) is 7.60. The number of pyridine rings is 1. The van der Waals surface area contributed by atoms with Crippen molar-refractivity contribution in [3.8, 4) is 11.3 Å². The number of fused-ring (bicyclic) bond motifs is 3. The fraction of sp³-hybridized carbons (Fsp3) is 0.150. The number of rotatable bonds is 2. The summed E-state index contributed by atoms with van der Waals surface area (Å²) >= 11 is 0. The molecule has 0 saturated heterocycles. The molecule has 0 spiro atoms. The van der Waals surface area contributed by atoms with Crippen molar-refractivity contribution in [2.45, 2.75) is 19.8 Å². The van der Waals surface area contributed by atoms with Crippen molar-refractivity contribution in [1.29, 1.82) is 0 Å². The maximum absolute atomic E-state index is 5.96. The Kier molecular flexibility index (Phi) is 2.97. The molecule has 22 heavy (non-hydrogen) atoms. The van der Waals surface area contributed by atoms with Crippen molar-refractivity contribution in [2.75, 3.05) is 0 Å². The van der Waals surface area contributed by atoms with Crippen LogP contribution in [-0.4, -0.2) is 4.98 Å². The molecule has 0 N–H and O–H groups in total. The van der Waals surface area contributed by atoms with Crippen molar-refractivity contribution in [1.82, 2.24) is 4.98 Å². The Balaban J connectivity index is 1.97. The predicted molar refractivity (Wildman–Crippen MR) is 91.0 cm³/mol. The fourth-order valence-electron chi connectivity index (χ4n) is 2.85. The van der Waals surface area contributed by atoms with Gasteiger partial charge in [0.05, 0.1) is 5.69 Å². The smallest absolute Gasteiger partial charge is 0.135 e. The maximum atomic E-state index is 5.96. The van der Waals surface area contributed by atoms with Crippen molar-refractivity contribution >= 4 is 21.9 Å². The van der Waals surface area contributed by atoms with Gasteiger partial charge in [-0.15, -0.1) is 0 Å². The average molecular weight is 287 g/mol. The van der Waals surface area contributed by atoms with E-state index in [0.29, 0.717) is 5.92 Å². The molecule has 2 aromatic heterocycles. The summed E-state index contributed by atoms with van der Waals surface area (Å²) in [5.41, 5.74) is 5.30. The number of furan rings is 1. The van der Waals surface area contributed by atoms with E-state index in [9.17, 15) is 0 Å². The quantitative estimate of drug-likeness (QED) is 0.467. The molecule has 0 radical (unpaired) electrons. The van der Waals surface area contributed by atoms with Crippen LogP contribution in [0.3, 0.4) is 0 Å². The van der Waals surface area contributed by atoms with Gasteiger partial charge in [-0.2, -0.15) is 0 Å². The lowest BCUT2D eigenvalue weighted by atomic mass is 10.00. The molecule has 0 atom stereocenters. The van der Waals surface area contributed by atoms with Crippen molar-refractivity contribution in [3.05, 3.63) is 66.4 Å². The van der Waals surface area contributed by atoms with Gasteiger partial charge < -0.3 is 4.42 Å². The Bertz CT molecular complexity index is 951. The van der Waals surface area contributed by atoms with Crippen LogP contribution in [0, 0.1) is 0 Å². The number of hydrogen-bond donors (Lipinski definition) is 0. The van der Waals surface area contributed by atoms with Crippen molar-refractivity contribution < 1.29 is 4.42 Å². The standard InChI is InChI=1S/C20H17NO/c1-13(2)14-6-8-19-16(11-14)17-12-15(7-9-20(17)22-19)18-5-3-4-10-21-18/h3-13H,1-2H3. The second kappa shape index (κ2) is 4.99. The molecule has 0 aliphatic carbocycles. The van der Waals surface area contributed by atoms with Crippen LogP contribution in [0.5, 0.6) is 0 Å². The molecule has 4 aromatic rings. The van der Waals surface area contributed by atoms with Gasteiger partial charge >= 0.3 is 0 Å². The van der Waals surface area contributed by atoms with E-state index in [-0.39, 0.29) is 0 Å². The van der Waals surface area contributed by atoms with Crippen LogP contribution >= 0.6 is 0 Å². The highest BCUT2D eigenvalue weighted by atomic mass is 16.3. The molecule has 0 aliphatic heterocycles. The Morgan fingerprint density at radius 3 is 2.36 bits per heavy atom. The van der Waals surface area contributed by atoms with E-state index in [1.807, 2.05) is 30.5 Å². The zero-order valence-corrected chi connectivity index (χ0v) is 12.7. The van der Waals surface area contributed by atoms with Gasteiger partial charge in [0.2, 0.25) is 0 Å². The van der Waals surface area contributed by atoms with E-state index in [0.717, 1.165) is 27.8 Å². The van der Waals surface area contributed by atoms with E-state index >= 15 is 0 Å². The summed E-state index contributed by atoms with van der Waals surface area (Å²) in [5.74, 6) is 0.508. The lowest BCUT2D eigenvalue weighted by Crippen LogP contribution is -1.85. The second-order valence-corrected chi connectivity index (χ2v) is 5.94. The minimum Gasteiger partial charge on any atom is -0.456 e. The molecule has 2 nitrogen and oxygen atoms in total. The highest BCUT2D eigenvalue weighted by Gasteiger charge is 2.10. The SMILES string of the molecule is CC(C)c1ccc2oc3ccc(-c4ccccn4)cc3c2c1. The first-order chi connectivity index (χ1) is 10.7. The third kappa shape index (κ3) is 2.08. The topological polar surface area (TPSA) is 26.0 Å². The first kappa shape index (κ1) is 13.1. The van der Waals surface area contributed by atoms with Gasteiger partial charge in [0, 0.05) is 22.5 Å². The minimum atomic E-state index is 0.508. The fourth-order valence-corrected chi connectivity index (χ4v) is 2.85. The molecule has 2 heteroatoms. The zero-order chi connectivity index (χ0) is 15.1. The molecule has 4 rings (SSSR count). The van der Waals surface area contributed by atoms with Gasteiger partial charge in [0.15, 0.2) is 0 Å². The van der Waals surface area contributed by atoms with Crippen LogP contribution in [0.25, 0.3) is 33.2 Å². The third-order valence-electron chi connectivity index (χ3n) is 4.12. The Hall–Kier alpha value is -2.61. The van der Waals surface area contributed by atoms with Crippen LogP contribution in [-0.2, 0) is 0 Å². The largest absolute Gasteiger partial charge is 0.456 e. The molecular weight excluding hydrogens is 270 g/mol. The van der Waals surface area contributed by atoms with E-state index < -0.39 is 0 Å². The van der Waals surface area contributed by atoms with Crippen LogP contribution < -0.4 is 0 Å². The maximum Gasteiger partial charge on any atom is 0.135 e. The molecule has 0 amide bonds. The molecule has 0 fully saturated rings. The van der Waals surface area contributed by atoms with Gasteiger partial charge in [-0.05, 0) is 53.9 Å². The van der Waals surface area contributed by atoms with Crippen LogP contribution in [0.15, 0.2) is 65.2 Å². The Morgan fingerprint density at radius 1 is 0.864 bits per heavy atom. The van der Waals surface area contributed by atoms with Crippen molar-refractivity contribution in [3.63, 3.8) is 0 Å². The third-order valence-corrected chi connectivity index (χ3v) is 4.12. The summed E-state index contributed by atoms with van der Waals surface area (Å²) in [7, 11) is 0. The highest BCUT2D eigenvalue weighted by Crippen LogP contribution is 2.33. The molecule has 0 unspecified atom stereocenters. The van der Waals surface area contributed by atoms with Crippen LogP contribution in [0.1, 0.15) is 25.3 Å². The summed E-state index contributed by atoms with van der Waals surface area (Å²) in [6.07, 6.45) is 1.82. The van der Waals surface area contributed by atoms with Crippen LogP contribution in [0.4, 0.5) is 0 Å². The first-order valence-corrected chi connectivity index (χ1v) is 7.60. The van der Waals surface area contributed by atoms with E-state index in [1.54, 1.807) is 0 Å². The number of nitrogens with zero attached hydrogens (tertiary/aromatic N) is 1.